The molecule has 3 amide bonds. The van der Waals surface area contributed by atoms with E-state index in [0.717, 1.165) is 27.3 Å². The fraction of sp³-hybridized carbons (Fsp3) is 0.156. The second kappa shape index (κ2) is 9.48. The molecule has 4 aliphatic rings. The minimum Gasteiger partial charge on any atom is -0.272 e. The lowest BCUT2D eigenvalue weighted by Gasteiger charge is -2.45. The van der Waals surface area contributed by atoms with Crippen LogP contribution in [0.1, 0.15) is 50.0 Å². The lowest BCUT2D eigenvalue weighted by Crippen LogP contribution is -2.50. The van der Waals surface area contributed by atoms with Crippen molar-refractivity contribution in [2.75, 3.05) is 0 Å². The minimum absolute atomic E-state index is 0.0763. The molecule has 0 unspecified atom stereocenters. The first-order valence-electron chi connectivity index (χ1n) is 12.9. The molecule has 4 aromatic rings. The molecule has 5 nitrogen and oxygen atoms in total. The largest absolute Gasteiger partial charge is 0.274 e. The normalized spacial score (nSPS) is 22.1. The highest BCUT2D eigenvalue weighted by Crippen LogP contribution is 2.61. The summed E-state index contributed by atoms with van der Waals surface area (Å²) in [7, 11) is 0. The second-order valence-electron chi connectivity index (χ2n) is 10.3. The number of halogens is 3. The van der Waals surface area contributed by atoms with Gasteiger partial charge in [0.25, 0.3) is 17.7 Å². The van der Waals surface area contributed by atoms with Gasteiger partial charge in [0.05, 0.1) is 39.0 Å². The van der Waals surface area contributed by atoms with E-state index in [4.69, 9.17) is 34.8 Å². The Morgan fingerprint density at radius 3 is 1.65 bits per heavy atom. The molecular formula is C32H21Cl3N2O3. The van der Waals surface area contributed by atoms with Crippen molar-refractivity contribution in [2.24, 2.45) is 11.8 Å². The Labute approximate surface area is 245 Å². The summed E-state index contributed by atoms with van der Waals surface area (Å²) >= 11 is 18.8. The van der Waals surface area contributed by atoms with Gasteiger partial charge >= 0.3 is 0 Å². The van der Waals surface area contributed by atoms with Crippen LogP contribution in [0.4, 0.5) is 0 Å². The summed E-state index contributed by atoms with van der Waals surface area (Å²) in [5, 5.41) is 3.16. The standard InChI is InChI=1S/C32H21Cl3N2O3/c33-23-12-6-5-11-22(23)30(38)36(16-17-13-14-24(34)25(35)15-17)37-31(39)28-26-18-7-1-2-8-19(18)27(29(28)32(37)40)21-10-4-3-9-20(21)26/h1-15,26-29H,16H2/t26?,27?,28-,29+. The zero-order valence-corrected chi connectivity index (χ0v) is 23.2. The zero-order valence-electron chi connectivity index (χ0n) is 20.9. The minimum atomic E-state index is -0.627. The van der Waals surface area contributed by atoms with Crippen molar-refractivity contribution in [3.63, 3.8) is 0 Å². The molecule has 1 fully saturated rings. The fourth-order valence-electron chi connectivity index (χ4n) is 6.72. The maximum absolute atomic E-state index is 14.4. The van der Waals surface area contributed by atoms with Gasteiger partial charge in [0.1, 0.15) is 0 Å². The molecule has 4 aromatic carbocycles. The molecule has 2 atom stereocenters. The van der Waals surface area contributed by atoms with Gasteiger partial charge in [-0.05, 0) is 52.1 Å². The highest BCUT2D eigenvalue weighted by molar-refractivity contribution is 6.42. The molecule has 8 heteroatoms. The molecule has 1 saturated heterocycles. The summed E-state index contributed by atoms with van der Waals surface area (Å²) in [6, 6.07) is 27.6. The summed E-state index contributed by atoms with van der Waals surface area (Å²) in [6.07, 6.45) is 0. The number of nitrogens with zero attached hydrogens (tertiary/aromatic N) is 2. The Kier molecular flexibility index (Phi) is 6.00. The third kappa shape index (κ3) is 3.65. The average molecular weight is 588 g/mol. The number of hydrogen-bond donors (Lipinski definition) is 0. The summed E-state index contributed by atoms with van der Waals surface area (Å²) in [4.78, 5) is 42.8. The predicted octanol–water partition coefficient (Wildman–Crippen LogP) is 7.10. The van der Waals surface area contributed by atoms with Crippen LogP contribution in [0, 0.1) is 11.8 Å². The number of carbonyl (C=O) groups excluding carboxylic acids is 3. The van der Waals surface area contributed by atoms with Gasteiger partial charge in [0, 0.05) is 11.8 Å². The van der Waals surface area contributed by atoms with E-state index < -0.39 is 29.6 Å². The number of carbonyl (C=O) groups is 3. The van der Waals surface area contributed by atoms with Crippen molar-refractivity contribution in [1.82, 2.24) is 10.0 Å². The zero-order chi connectivity index (χ0) is 27.7. The maximum atomic E-state index is 14.4. The summed E-state index contributed by atoms with van der Waals surface area (Å²) in [5.74, 6) is -3.17. The number of amides is 3. The van der Waals surface area contributed by atoms with Crippen molar-refractivity contribution < 1.29 is 14.4 Å². The monoisotopic (exact) mass is 586 g/mol. The Morgan fingerprint density at radius 1 is 0.650 bits per heavy atom. The number of hydrazine groups is 1. The average Bonchev–Trinajstić information content (AvgIpc) is 3.23. The SMILES string of the molecule is O=C(c1ccccc1Cl)N(Cc1ccc(Cl)c(Cl)c1)N1C(=O)[C@@H]2C3c4ccccc4C(c4ccccc43)[C@@H]2C1=O. The Hall–Kier alpha value is -3.64. The molecule has 0 spiro atoms. The second-order valence-corrected chi connectivity index (χ2v) is 11.6. The van der Waals surface area contributed by atoms with Gasteiger partial charge in [-0.2, -0.15) is 5.01 Å². The predicted molar refractivity (Wildman–Crippen MR) is 153 cm³/mol. The van der Waals surface area contributed by atoms with E-state index in [0.29, 0.717) is 15.6 Å². The van der Waals surface area contributed by atoms with Gasteiger partial charge in [-0.3, -0.25) is 14.4 Å². The van der Waals surface area contributed by atoms with Crippen molar-refractivity contribution in [3.05, 3.63) is 139 Å². The van der Waals surface area contributed by atoms with E-state index in [-0.39, 0.29) is 29.0 Å². The first kappa shape index (κ1) is 25.3. The smallest absolute Gasteiger partial charge is 0.272 e. The van der Waals surface area contributed by atoms with Gasteiger partial charge in [-0.25, -0.2) is 5.01 Å². The quantitative estimate of drug-likeness (QED) is 0.239. The van der Waals surface area contributed by atoms with Gasteiger partial charge in [0.2, 0.25) is 0 Å². The molecular weight excluding hydrogens is 567 g/mol. The number of imide groups is 1. The van der Waals surface area contributed by atoms with Crippen LogP contribution < -0.4 is 0 Å². The van der Waals surface area contributed by atoms with Crippen LogP contribution in [0.25, 0.3) is 0 Å². The summed E-state index contributed by atoms with van der Waals surface area (Å²) < 4.78 is 0. The van der Waals surface area contributed by atoms with Crippen molar-refractivity contribution in [1.29, 1.82) is 0 Å². The van der Waals surface area contributed by atoms with Crippen LogP contribution >= 0.6 is 34.8 Å². The van der Waals surface area contributed by atoms with Crippen LogP contribution in [0.15, 0.2) is 91.0 Å². The Bertz CT molecular complexity index is 1620. The summed E-state index contributed by atoms with van der Waals surface area (Å²) in [5.41, 5.74) is 5.04. The molecule has 8 rings (SSSR count). The van der Waals surface area contributed by atoms with Gasteiger partial charge in [-0.15, -0.1) is 0 Å². The van der Waals surface area contributed by atoms with Gasteiger partial charge < -0.3 is 0 Å². The molecule has 40 heavy (non-hydrogen) atoms. The lowest BCUT2D eigenvalue weighted by molar-refractivity contribution is -0.155. The van der Waals surface area contributed by atoms with Gasteiger partial charge in [-0.1, -0.05) is 102 Å². The number of hydrogen-bond acceptors (Lipinski definition) is 3. The van der Waals surface area contributed by atoms with Crippen molar-refractivity contribution in [2.45, 2.75) is 18.4 Å². The molecule has 1 aliphatic heterocycles. The number of rotatable bonds is 4. The first-order chi connectivity index (χ1) is 19.4. The van der Waals surface area contributed by atoms with Crippen LogP contribution in [0.5, 0.6) is 0 Å². The fourth-order valence-corrected chi connectivity index (χ4v) is 7.25. The van der Waals surface area contributed by atoms with Crippen LogP contribution in [-0.2, 0) is 16.1 Å². The highest BCUT2D eigenvalue weighted by Gasteiger charge is 2.63. The van der Waals surface area contributed by atoms with E-state index in [1.807, 2.05) is 48.5 Å². The third-order valence-corrected chi connectivity index (χ3v) is 9.39. The van der Waals surface area contributed by atoms with Crippen LogP contribution in [0.2, 0.25) is 15.1 Å². The third-order valence-electron chi connectivity index (χ3n) is 8.32. The molecule has 1 heterocycles. The molecule has 0 saturated carbocycles. The number of benzene rings is 4. The van der Waals surface area contributed by atoms with Crippen molar-refractivity contribution >= 4 is 52.5 Å². The molecule has 198 valence electrons. The van der Waals surface area contributed by atoms with E-state index in [9.17, 15) is 14.4 Å². The first-order valence-corrected chi connectivity index (χ1v) is 14.1. The maximum Gasteiger partial charge on any atom is 0.274 e. The van der Waals surface area contributed by atoms with E-state index in [1.165, 1.54) is 5.01 Å². The molecule has 0 aromatic heterocycles. The topological polar surface area (TPSA) is 57.7 Å². The van der Waals surface area contributed by atoms with Crippen LogP contribution in [-0.4, -0.2) is 27.7 Å². The Balaban J connectivity index is 1.36. The van der Waals surface area contributed by atoms with E-state index in [2.05, 4.69) is 0 Å². The molecule has 3 aliphatic carbocycles. The lowest BCUT2D eigenvalue weighted by atomic mass is 9.55. The summed E-state index contributed by atoms with van der Waals surface area (Å²) in [6.45, 7) is -0.0763. The van der Waals surface area contributed by atoms with E-state index >= 15 is 0 Å². The van der Waals surface area contributed by atoms with Crippen molar-refractivity contribution in [3.8, 4) is 0 Å². The molecule has 0 N–H and O–H groups in total. The Morgan fingerprint density at radius 2 is 1.15 bits per heavy atom. The van der Waals surface area contributed by atoms with Crippen LogP contribution in [0.3, 0.4) is 0 Å². The molecule has 0 radical (unpaired) electrons. The van der Waals surface area contributed by atoms with E-state index in [1.54, 1.807) is 42.5 Å². The highest BCUT2D eigenvalue weighted by atomic mass is 35.5. The molecule has 2 bridgehead atoms. The van der Waals surface area contributed by atoms with Gasteiger partial charge in [0.15, 0.2) is 0 Å².